The van der Waals surface area contributed by atoms with Gasteiger partial charge in [-0.1, -0.05) is 35.3 Å². The van der Waals surface area contributed by atoms with Crippen LogP contribution in [-0.2, 0) is 14.9 Å². The van der Waals surface area contributed by atoms with Crippen LogP contribution < -0.4 is 4.90 Å². The minimum absolute atomic E-state index is 0.121. The number of amides is 1. The number of carbonyl (C=O) groups excluding carboxylic acids is 1. The number of piperidine rings is 1. The molecule has 0 saturated carbocycles. The molecule has 2 aromatic rings. The molecule has 0 aliphatic carbocycles. The zero-order valence-corrected chi connectivity index (χ0v) is 20.7. The van der Waals surface area contributed by atoms with Gasteiger partial charge in [0.2, 0.25) is 5.91 Å². The highest BCUT2D eigenvalue weighted by molar-refractivity contribution is 6.42. The van der Waals surface area contributed by atoms with Gasteiger partial charge in [-0.15, -0.1) is 0 Å². The average molecular weight is 491 g/mol. The Morgan fingerprint density at radius 2 is 1.79 bits per heavy atom. The maximum Gasteiger partial charge on any atom is 0.228 e. The summed E-state index contributed by atoms with van der Waals surface area (Å²) in [4.78, 5) is 24.2. The number of methoxy groups -OCH3 is 1. The van der Waals surface area contributed by atoms with Gasteiger partial charge >= 0.3 is 0 Å². The monoisotopic (exact) mass is 490 g/mol. The molecule has 3 heterocycles. The van der Waals surface area contributed by atoms with Crippen LogP contribution in [0.3, 0.4) is 0 Å². The second-order valence-corrected chi connectivity index (χ2v) is 9.82. The van der Waals surface area contributed by atoms with Crippen LogP contribution in [0.5, 0.6) is 0 Å². The summed E-state index contributed by atoms with van der Waals surface area (Å²) in [6, 6.07) is 11.6. The van der Waals surface area contributed by atoms with Crippen LogP contribution in [0.4, 0.5) is 5.82 Å². The number of anilines is 1. The van der Waals surface area contributed by atoms with Gasteiger partial charge in [0.25, 0.3) is 0 Å². The van der Waals surface area contributed by atoms with Crippen LogP contribution in [0, 0.1) is 0 Å². The Morgan fingerprint density at radius 1 is 1.03 bits per heavy atom. The number of aromatic nitrogens is 1. The Balaban J connectivity index is 1.53. The molecule has 33 heavy (non-hydrogen) atoms. The molecule has 178 valence electrons. The molecular formula is C25H32Cl2N4O2. The van der Waals surface area contributed by atoms with Crippen molar-refractivity contribution in [1.29, 1.82) is 0 Å². The predicted molar refractivity (Wildman–Crippen MR) is 133 cm³/mol. The zero-order valence-electron chi connectivity index (χ0n) is 19.2. The van der Waals surface area contributed by atoms with Crippen LogP contribution in [0.1, 0.15) is 24.8 Å². The number of rotatable bonds is 8. The van der Waals surface area contributed by atoms with Crippen LogP contribution in [0.25, 0.3) is 0 Å². The maximum atomic E-state index is 12.9. The Kier molecular flexibility index (Phi) is 8.25. The molecule has 0 spiro atoms. The number of benzene rings is 1. The number of halogens is 2. The zero-order chi connectivity index (χ0) is 23.3. The average Bonchev–Trinajstić information content (AvgIpc) is 2.85. The van der Waals surface area contributed by atoms with Crippen molar-refractivity contribution in [3.05, 3.63) is 58.2 Å². The molecule has 1 unspecified atom stereocenters. The predicted octanol–water partition coefficient (Wildman–Crippen LogP) is 4.11. The van der Waals surface area contributed by atoms with Crippen molar-refractivity contribution >= 4 is 34.9 Å². The van der Waals surface area contributed by atoms with E-state index < -0.39 is 0 Å². The largest absolute Gasteiger partial charge is 0.383 e. The van der Waals surface area contributed by atoms with E-state index in [1.54, 1.807) is 13.3 Å². The van der Waals surface area contributed by atoms with Gasteiger partial charge in [0.1, 0.15) is 5.82 Å². The lowest BCUT2D eigenvalue weighted by Crippen LogP contribution is -2.52. The Labute approximate surface area is 206 Å². The number of ether oxygens (including phenoxy) is 1. The van der Waals surface area contributed by atoms with E-state index in [2.05, 4.69) is 20.9 Å². The van der Waals surface area contributed by atoms with Gasteiger partial charge in [-0.3, -0.25) is 14.6 Å². The first kappa shape index (κ1) is 24.4. The Bertz CT molecular complexity index is 937. The molecule has 1 aromatic heterocycles. The first-order chi connectivity index (χ1) is 16.0. The molecule has 2 aliphatic rings. The fourth-order valence-electron chi connectivity index (χ4n) is 4.91. The molecule has 0 bridgehead atoms. The van der Waals surface area contributed by atoms with Crippen LogP contribution >= 0.6 is 23.2 Å². The fraction of sp³-hybridized carbons (Fsp3) is 0.520. The van der Waals surface area contributed by atoms with Crippen molar-refractivity contribution in [1.82, 2.24) is 14.8 Å². The first-order valence-corrected chi connectivity index (χ1v) is 12.4. The van der Waals surface area contributed by atoms with Gasteiger partial charge in [0.15, 0.2) is 0 Å². The van der Waals surface area contributed by atoms with Gasteiger partial charge in [0, 0.05) is 64.4 Å². The normalized spacial score (nSPS) is 22.6. The third kappa shape index (κ3) is 5.87. The summed E-state index contributed by atoms with van der Waals surface area (Å²) < 4.78 is 5.22. The van der Waals surface area contributed by atoms with E-state index in [4.69, 9.17) is 27.9 Å². The van der Waals surface area contributed by atoms with Crippen molar-refractivity contribution in [3.63, 3.8) is 0 Å². The van der Waals surface area contributed by atoms with Crippen LogP contribution in [0.2, 0.25) is 10.0 Å². The van der Waals surface area contributed by atoms with Crippen LogP contribution in [0.15, 0.2) is 42.6 Å². The summed E-state index contributed by atoms with van der Waals surface area (Å²) >= 11 is 12.7. The van der Waals surface area contributed by atoms with Gasteiger partial charge in [-0.2, -0.15) is 0 Å². The molecule has 6 nitrogen and oxygen atoms in total. The van der Waals surface area contributed by atoms with E-state index >= 15 is 0 Å². The molecule has 0 radical (unpaired) electrons. The summed E-state index contributed by atoms with van der Waals surface area (Å²) in [7, 11) is 1.75. The van der Waals surface area contributed by atoms with E-state index in [0.717, 1.165) is 64.3 Å². The summed E-state index contributed by atoms with van der Waals surface area (Å²) in [5, 5.41) is 1.11. The van der Waals surface area contributed by atoms with Crippen LogP contribution in [-0.4, -0.2) is 80.2 Å². The number of carbonyl (C=O) groups is 1. The molecular weight excluding hydrogens is 459 g/mol. The highest BCUT2D eigenvalue weighted by atomic mass is 35.5. The smallest absolute Gasteiger partial charge is 0.228 e. The quantitative estimate of drug-likeness (QED) is 0.557. The van der Waals surface area contributed by atoms with Crippen molar-refractivity contribution < 1.29 is 9.53 Å². The van der Waals surface area contributed by atoms with E-state index in [0.29, 0.717) is 28.8 Å². The molecule has 2 fully saturated rings. The topological polar surface area (TPSA) is 48.9 Å². The molecule has 1 aromatic carbocycles. The van der Waals surface area contributed by atoms with E-state index in [9.17, 15) is 4.79 Å². The molecule has 1 amide bonds. The van der Waals surface area contributed by atoms with E-state index in [1.807, 2.05) is 35.2 Å². The lowest BCUT2D eigenvalue weighted by molar-refractivity contribution is -0.120. The molecule has 2 aliphatic heterocycles. The standard InChI is InChI=1S/C25H32Cl2N4O2/c1-33-17-16-30-14-12-29(13-15-30)11-9-25(20-5-6-21(26)22(27)18-20)8-7-24(32)31(19-25)23-4-2-3-10-28-23/h2-6,10,18H,7-9,11-17,19H2,1H3. The Morgan fingerprint density at radius 3 is 2.45 bits per heavy atom. The third-order valence-corrected chi connectivity index (χ3v) is 7.76. The SMILES string of the molecule is COCCN1CCN(CCC2(c3ccc(Cl)c(Cl)c3)CCC(=O)N(c3ccccn3)C2)CC1. The highest BCUT2D eigenvalue weighted by Gasteiger charge is 2.41. The van der Waals surface area contributed by atoms with Crippen molar-refractivity contribution in [2.75, 3.05) is 64.4 Å². The van der Waals surface area contributed by atoms with Crippen molar-refractivity contribution in [2.45, 2.75) is 24.7 Å². The van der Waals surface area contributed by atoms with Crippen molar-refractivity contribution in [2.24, 2.45) is 0 Å². The second kappa shape index (κ2) is 11.2. The number of nitrogens with zero attached hydrogens (tertiary/aromatic N) is 4. The lowest BCUT2D eigenvalue weighted by Gasteiger charge is -2.44. The minimum Gasteiger partial charge on any atom is -0.383 e. The van der Waals surface area contributed by atoms with Gasteiger partial charge in [0.05, 0.1) is 16.7 Å². The summed E-state index contributed by atoms with van der Waals surface area (Å²) in [5.74, 6) is 0.828. The molecule has 8 heteroatoms. The fourth-order valence-corrected chi connectivity index (χ4v) is 5.21. The number of hydrogen-bond acceptors (Lipinski definition) is 5. The summed E-state index contributed by atoms with van der Waals surface area (Å²) in [6.07, 6.45) is 3.96. The maximum absolute atomic E-state index is 12.9. The van der Waals surface area contributed by atoms with E-state index in [1.165, 1.54) is 0 Å². The van der Waals surface area contributed by atoms with Crippen molar-refractivity contribution in [3.8, 4) is 0 Å². The number of pyridine rings is 1. The molecule has 0 N–H and O–H groups in total. The van der Waals surface area contributed by atoms with Gasteiger partial charge < -0.3 is 9.64 Å². The summed E-state index contributed by atoms with van der Waals surface area (Å²) in [5.41, 5.74) is 0.941. The Hall–Kier alpha value is -1.70. The first-order valence-electron chi connectivity index (χ1n) is 11.6. The number of hydrogen-bond donors (Lipinski definition) is 0. The third-order valence-electron chi connectivity index (χ3n) is 7.02. The van der Waals surface area contributed by atoms with Gasteiger partial charge in [-0.25, -0.2) is 4.98 Å². The summed E-state index contributed by atoms with van der Waals surface area (Å²) in [6.45, 7) is 7.53. The second-order valence-electron chi connectivity index (χ2n) is 9.00. The minimum atomic E-state index is -0.202. The molecule has 1 atom stereocenters. The van der Waals surface area contributed by atoms with E-state index in [-0.39, 0.29) is 11.3 Å². The van der Waals surface area contributed by atoms with Gasteiger partial charge in [-0.05, 0) is 49.2 Å². The highest BCUT2D eigenvalue weighted by Crippen LogP contribution is 2.41. The lowest BCUT2D eigenvalue weighted by atomic mass is 9.71. The molecule has 4 rings (SSSR count). The number of piperazine rings is 1. The molecule has 2 saturated heterocycles.